The summed E-state index contributed by atoms with van der Waals surface area (Å²) in [4.78, 5) is 0. The van der Waals surface area contributed by atoms with E-state index in [9.17, 15) is 8.76 Å². The average molecular weight is 255 g/mol. The van der Waals surface area contributed by atoms with Crippen LogP contribution in [0, 0.1) is 10.8 Å². The van der Waals surface area contributed by atoms with Crippen LogP contribution >= 0.6 is 0 Å². The van der Waals surface area contributed by atoms with Crippen molar-refractivity contribution >= 4 is 11.1 Å². The summed E-state index contributed by atoms with van der Waals surface area (Å²) in [6.07, 6.45) is 7.18. The van der Waals surface area contributed by atoms with Gasteiger partial charge in [0.15, 0.2) is 0 Å². The Morgan fingerprint density at radius 2 is 1.94 bits per heavy atom. The molecule has 0 aromatic rings. The molecule has 98 valence electrons. The average Bonchev–Trinajstić information content (AvgIpc) is 2.22. The van der Waals surface area contributed by atoms with Crippen LogP contribution in [0.25, 0.3) is 0 Å². The van der Waals surface area contributed by atoms with Gasteiger partial charge >= 0.3 is 0 Å². The van der Waals surface area contributed by atoms with Gasteiger partial charge in [-0.3, -0.25) is 4.21 Å². The van der Waals surface area contributed by atoms with Crippen LogP contribution < -0.4 is 0 Å². The van der Waals surface area contributed by atoms with Gasteiger partial charge in [-0.05, 0) is 55.8 Å². The zero-order valence-corrected chi connectivity index (χ0v) is 11.8. The molecule has 0 N–H and O–H groups in total. The Morgan fingerprint density at radius 3 is 2.59 bits per heavy atom. The first-order valence-corrected chi connectivity index (χ1v) is 7.75. The Hall–Kier alpha value is -0.150. The zero-order chi connectivity index (χ0) is 12.7. The van der Waals surface area contributed by atoms with Crippen LogP contribution in [0.4, 0.5) is 0 Å². The number of allylic oxidation sites excluding steroid dienone is 1. The summed E-state index contributed by atoms with van der Waals surface area (Å²) in [6.45, 7) is 8.83. The summed E-state index contributed by atoms with van der Waals surface area (Å²) in [5, 5.41) is -0.139. The highest BCUT2D eigenvalue weighted by atomic mass is 32.2. The maximum absolute atomic E-state index is 11.2. The van der Waals surface area contributed by atoms with E-state index < -0.39 is 11.1 Å². The first kappa shape index (κ1) is 13.3. The lowest BCUT2D eigenvalue weighted by molar-refractivity contribution is 0.101. The molecule has 0 saturated heterocycles. The minimum atomic E-state index is -1.91. The molecule has 0 aliphatic heterocycles. The van der Waals surface area contributed by atoms with Gasteiger partial charge in [0.25, 0.3) is 0 Å². The van der Waals surface area contributed by atoms with Gasteiger partial charge in [0.2, 0.25) is 0 Å². The van der Waals surface area contributed by atoms with E-state index >= 15 is 0 Å². The molecule has 2 bridgehead atoms. The molecule has 0 heterocycles. The lowest BCUT2D eigenvalue weighted by Crippen LogP contribution is -2.38. The van der Waals surface area contributed by atoms with Crippen molar-refractivity contribution in [3.05, 3.63) is 12.2 Å². The van der Waals surface area contributed by atoms with Gasteiger partial charge in [0, 0.05) is 5.25 Å². The summed E-state index contributed by atoms with van der Waals surface area (Å²) in [5.74, 6) is 0. The molecule has 2 aliphatic carbocycles. The van der Waals surface area contributed by atoms with Crippen molar-refractivity contribution in [3.8, 4) is 0 Å². The maximum Gasteiger partial charge on any atom is 0.0216 e. The molecule has 4 unspecified atom stereocenters. The first-order valence-electron chi connectivity index (χ1n) is 6.61. The quantitative estimate of drug-likeness (QED) is 0.531. The highest BCUT2D eigenvalue weighted by Gasteiger charge is 2.43. The largest absolute Gasteiger partial charge is 0.772 e. The Morgan fingerprint density at radius 1 is 1.29 bits per heavy atom. The molecule has 2 aliphatic rings. The Kier molecular flexibility index (Phi) is 3.52. The predicted octanol–water partition coefficient (Wildman–Crippen LogP) is 3.56. The van der Waals surface area contributed by atoms with Gasteiger partial charge in [-0.15, -0.1) is 0 Å². The second kappa shape index (κ2) is 4.51. The summed E-state index contributed by atoms with van der Waals surface area (Å²) < 4.78 is 22.4. The summed E-state index contributed by atoms with van der Waals surface area (Å²) in [5.41, 5.74) is 1.84. The minimum absolute atomic E-state index is 0.139. The van der Waals surface area contributed by atoms with Crippen molar-refractivity contribution in [2.24, 2.45) is 10.8 Å². The second-order valence-electron chi connectivity index (χ2n) is 6.61. The van der Waals surface area contributed by atoms with Crippen LogP contribution in [-0.2, 0) is 11.1 Å². The highest BCUT2D eigenvalue weighted by Crippen LogP contribution is 2.54. The molecule has 2 fully saturated rings. The third kappa shape index (κ3) is 2.65. The lowest BCUT2D eigenvalue weighted by atomic mass is 9.57. The number of fused-ring (bicyclic) bond motifs is 2. The fourth-order valence-corrected chi connectivity index (χ4v) is 4.33. The number of rotatable bonds is 1. The van der Waals surface area contributed by atoms with Crippen LogP contribution in [0.1, 0.15) is 58.8 Å². The molecule has 2 nitrogen and oxygen atoms in total. The standard InChI is InChI=1S/C14H24O2S/c1-11-4-7-13(2)8-5-12(17(15)16)6-9-14(11,3)10-13/h12H,1,4-10H2,2-3H3,(H,15,16)/p-1. The minimum Gasteiger partial charge on any atom is -0.772 e. The lowest BCUT2D eigenvalue weighted by Gasteiger charge is -2.49. The normalized spacial score (nSPS) is 44.9. The van der Waals surface area contributed by atoms with E-state index in [0.717, 1.165) is 32.1 Å². The van der Waals surface area contributed by atoms with Gasteiger partial charge in [0.1, 0.15) is 0 Å². The monoisotopic (exact) mass is 255 g/mol. The second-order valence-corrected chi connectivity index (χ2v) is 7.80. The summed E-state index contributed by atoms with van der Waals surface area (Å²) >= 11 is -1.91. The Bertz CT molecular complexity index is 352. The third-order valence-corrected chi connectivity index (χ3v) is 6.08. The number of hydrogen-bond donors (Lipinski definition) is 0. The van der Waals surface area contributed by atoms with Crippen LogP contribution in [-0.4, -0.2) is 14.0 Å². The van der Waals surface area contributed by atoms with Gasteiger partial charge in [-0.25, -0.2) is 0 Å². The molecule has 0 amide bonds. The molecule has 0 spiro atoms. The molecular weight excluding hydrogens is 232 g/mol. The van der Waals surface area contributed by atoms with Gasteiger partial charge in [-0.2, -0.15) is 0 Å². The van der Waals surface area contributed by atoms with Crippen LogP contribution in [0.15, 0.2) is 12.2 Å². The van der Waals surface area contributed by atoms with Crippen LogP contribution in [0.5, 0.6) is 0 Å². The van der Waals surface area contributed by atoms with Gasteiger partial charge in [-0.1, -0.05) is 37.1 Å². The van der Waals surface area contributed by atoms with Crippen molar-refractivity contribution < 1.29 is 8.76 Å². The van der Waals surface area contributed by atoms with Crippen molar-refractivity contribution in [1.82, 2.24) is 0 Å². The van der Waals surface area contributed by atoms with Crippen LogP contribution in [0.2, 0.25) is 0 Å². The van der Waals surface area contributed by atoms with E-state index in [1.807, 2.05) is 0 Å². The molecule has 0 aromatic carbocycles. The molecular formula is C14H23O2S-. The van der Waals surface area contributed by atoms with E-state index in [4.69, 9.17) is 0 Å². The molecule has 3 heteroatoms. The summed E-state index contributed by atoms with van der Waals surface area (Å²) in [6, 6.07) is 0. The molecule has 2 rings (SSSR count). The third-order valence-electron chi connectivity index (χ3n) is 5.06. The summed E-state index contributed by atoms with van der Waals surface area (Å²) in [7, 11) is 0. The molecule has 17 heavy (non-hydrogen) atoms. The molecule has 0 radical (unpaired) electrons. The fraction of sp³-hybridized carbons (Fsp3) is 0.857. The molecule has 2 saturated carbocycles. The van der Waals surface area contributed by atoms with E-state index in [1.54, 1.807) is 0 Å². The van der Waals surface area contributed by atoms with Gasteiger partial charge in [0.05, 0.1) is 0 Å². The molecule has 0 aromatic heterocycles. The van der Waals surface area contributed by atoms with Crippen molar-refractivity contribution in [1.29, 1.82) is 0 Å². The SMILES string of the molecule is C=C1CCC2(C)CCC(S(=O)[O-])CCC1(C)C2. The van der Waals surface area contributed by atoms with Gasteiger partial charge < -0.3 is 4.55 Å². The smallest absolute Gasteiger partial charge is 0.0216 e. The van der Waals surface area contributed by atoms with Crippen molar-refractivity contribution in [3.63, 3.8) is 0 Å². The Labute approximate surface area is 107 Å². The van der Waals surface area contributed by atoms with E-state index in [0.29, 0.717) is 5.41 Å². The van der Waals surface area contributed by atoms with Crippen LogP contribution in [0.3, 0.4) is 0 Å². The highest BCUT2D eigenvalue weighted by molar-refractivity contribution is 7.79. The van der Waals surface area contributed by atoms with E-state index in [1.165, 1.54) is 18.4 Å². The topological polar surface area (TPSA) is 40.1 Å². The predicted molar refractivity (Wildman–Crippen MR) is 70.4 cm³/mol. The Balaban J connectivity index is 2.22. The maximum atomic E-state index is 11.2. The van der Waals surface area contributed by atoms with E-state index in [-0.39, 0.29) is 10.7 Å². The fourth-order valence-electron chi connectivity index (χ4n) is 3.71. The zero-order valence-electron chi connectivity index (χ0n) is 11.0. The molecule has 4 atom stereocenters. The first-order chi connectivity index (χ1) is 7.85. The number of hydrogen-bond acceptors (Lipinski definition) is 2. The van der Waals surface area contributed by atoms with E-state index in [2.05, 4.69) is 20.4 Å². The van der Waals surface area contributed by atoms with Crippen molar-refractivity contribution in [2.45, 2.75) is 64.0 Å². The van der Waals surface area contributed by atoms with Crippen molar-refractivity contribution in [2.75, 3.05) is 0 Å².